The monoisotopic (exact) mass is 434 g/mol. The summed E-state index contributed by atoms with van der Waals surface area (Å²) in [4.78, 5) is 0. The molecule has 168 valence electrons. The van der Waals surface area contributed by atoms with Crippen LogP contribution in [0.4, 0.5) is 0 Å². The standard InChI is InChI=1S/C32H34O/c1-3-15-27(25-17-7-5-8-18-25)29-21-11-13-23-31(29)33-32-24-14-12-22-30(32)28(16-4-2)26-19-9-6-10-20-26/h5-14,17-24,27-28H,3-4,15-16H2,1-2H3. The van der Waals surface area contributed by atoms with Gasteiger partial charge < -0.3 is 4.74 Å². The van der Waals surface area contributed by atoms with Crippen molar-refractivity contribution in [1.29, 1.82) is 0 Å². The van der Waals surface area contributed by atoms with E-state index in [1.54, 1.807) is 0 Å². The third-order valence-electron chi connectivity index (χ3n) is 6.37. The molecule has 0 amide bonds. The van der Waals surface area contributed by atoms with E-state index in [9.17, 15) is 0 Å². The number of hydrogen-bond donors (Lipinski definition) is 0. The zero-order chi connectivity index (χ0) is 22.9. The molecule has 4 aromatic rings. The molecule has 4 rings (SSSR count). The van der Waals surface area contributed by atoms with E-state index in [0.29, 0.717) is 11.8 Å². The Balaban J connectivity index is 1.73. The first kappa shape index (κ1) is 22.9. The molecule has 0 saturated heterocycles. The van der Waals surface area contributed by atoms with Crippen LogP contribution in [0.25, 0.3) is 0 Å². The Morgan fingerprint density at radius 2 is 0.848 bits per heavy atom. The summed E-state index contributed by atoms with van der Waals surface area (Å²) in [6.45, 7) is 4.51. The molecule has 0 aliphatic heterocycles. The lowest BCUT2D eigenvalue weighted by Gasteiger charge is -2.24. The summed E-state index contributed by atoms with van der Waals surface area (Å²) in [5, 5.41) is 0. The lowest BCUT2D eigenvalue weighted by molar-refractivity contribution is 0.460. The summed E-state index contributed by atoms with van der Waals surface area (Å²) in [6.07, 6.45) is 4.43. The molecule has 0 fully saturated rings. The molecule has 1 heteroatoms. The summed E-state index contributed by atoms with van der Waals surface area (Å²) in [7, 11) is 0. The second kappa shape index (κ2) is 11.5. The number of rotatable bonds is 10. The van der Waals surface area contributed by atoms with Crippen LogP contribution in [0.3, 0.4) is 0 Å². The van der Waals surface area contributed by atoms with Gasteiger partial charge in [0.25, 0.3) is 0 Å². The number of hydrogen-bond acceptors (Lipinski definition) is 1. The van der Waals surface area contributed by atoms with Gasteiger partial charge in [0.05, 0.1) is 0 Å². The van der Waals surface area contributed by atoms with Crippen LogP contribution >= 0.6 is 0 Å². The van der Waals surface area contributed by atoms with Gasteiger partial charge in [-0.3, -0.25) is 0 Å². The Kier molecular flexibility index (Phi) is 7.98. The Morgan fingerprint density at radius 3 is 1.24 bits per heavy atom. The maximum Gasteiger partial charge on any atom is 0.131 e. The van der Waals surface area contributed by atoms with E-state index in [1.165, 1.54) is 22.3 Å². The largest absolute Gasteiger partial charge is 0.457 e. The van der Waals surface area contributed by atoms with Crippen LogP contribution in [-0.2, 0) is 0 Å². The molecule has 0 aliphatic rings. The van der Waals surface area contributed by atoms with Crippen molar-refractivity contribution < 1.29 is 4.74 Å². The van der Waals surface area contributed by atoms with E-state index >= 15 is 0 Å². The van der Waals surface area contributed by atoms with Crippen molar-refractivity contribution in [1.82, 2.24) is 0 Å². The van der Waals surface area contributed by atoms with Crippen LogP contribution in [-0.4, -0.2) is 0 Å². The first-order valence-corrected chi connectivity index (χ1v) is 12.3. The van der Waals surface area contributed by atoms with Crippen LogP contribution < -0.4 is 4.74 Å². The lowest BCUT2D eigenvalue weighted by atomic mass is 9.86. The maximum atomic E-state index is 6.74. The first-order valence-electron chi connectivity index (χ1n) is 12.3. The molecule has 0 aromatic heterocycles. The number of ether oxygens (including phenoxy) is 1. The van der Waals surface area contributed by atoms with Gasteiger partial charge in [-0.15, -0.1) is 0 Å². The summed E-state index contributed by atoms with van der Waals surface area (Å²) in [5.74, 6) is 2.55. The van der Waals surface area contributed by atoms with Crippen molar-refractivity contribution in [3.8, 4) is 11.5 Å². The molecule has 2 unspecified atom stereocenters. The van der Waals surface area contributed by atoms with E-state index in [2.05, 4.69) is 123 Å². The quantitative estimate of drug-likeness (QED) is 0.241. The minimum atomic E-state index is 0.320. The average Bonchev–Trinajstić information content (AvgIpc) is 2.88. The van der Waals surface area contributed by atoms with Crippen LogP contribution in [0, 0.1) is 0 Å². The molecule has 1 nitrogen and oxygen atoms in total. The van der Waals surface area contributed by atoms with Gasteiger partial charge in [0.2, 0.25) is 0 Å². The molecule has 0 spiro atoms. The zero-order valence-corrected chi connectivity index (χ0v) is 19.8. The minimum Gasteiger partial charge on any atom is -0.457 e. The van der Waals surface area contributed by atoms with Crippen LogP contribution in [0.15, 0.2) is 109 Å². The maximum absolute atomic E-state index is 6.74. The van der Waals surface area contributed by atoms with E-state index in [0.717, 1.165) is 37.2 Å². The molecular formula is C32H34O. The highest BCUT2D eigenvalue weighted by Crippen LogP contribution is 2.41. The van der Waals surface area contributed by atoms with Gasteiger partial charge in [-0.2, -0.15) is 0 Å². The van der Waals surface area contributed by atoms with Gasteiger partial charge in [0.1, 0.15) is 11.5 Å². The minimum absolute atomic E-state index is 0.320. The Bertz CT molecular complexity index is 1030. The van der Waals surface area contributed by atoms with Crippen molar-refractivity contribution in [3.05, 3.63) is 131 Å². The second-order valence-electron chi connectivity index (χ2n) is 8.68. The van der Waals surface area contributed by atoms with Crippen molar-refractivity contribution in [2.45, 2.75) is 51.4 Å². The predicted molar refractivity (Wildman–Crippen MR) is 139 cm³/mol. The van der Waals surface area contributed by atoms with Crippen molar-refractivity contribution >= 4 is 0 Å². The third-order valence-corrected chi connectivity index (χ3v) is 6.37. The fourth-order valence-corrected chi connectivity index (χ4v) is 4.79. The summed E-state index contributed by atoms with van der Waals surface area (Å²) >= 11 is 0. The SMILES string of the molecule is CCCC(c1ccccc1)c1ccccc1Oc1ccccc1C(CCC)c1ccccc1. The lowest BCUT2D eigenvalue weighted by Crippen LogP contribution is -2.06. The summed E-state index contributed by atoms with van der Waals surface area (Å²) in [6, 6.07) is 38.7. The average molecular weight is 435 g/mol. The van der Waals surface area contributed by atoms with Crippen LogP contribution in [0.1, 0.15) is 73.6 Å². The highest BCUT2D eigenvalue weighted by molar-refractivity contribution is 5.48. The molecule has 0 radical (unpaired) electrons. The highest BCUT2D eigenvalue weighted by atomic mass is 16.5. The predicted octanol–water partition coefficient (Wildman–Crippen LogP) is 9.34. The Labute approximate surface area is 199 Å². The summed E-state index contributed by atoms with van der Waals surface area (Å²) in [5.41, 5.74) is 5.20. The fourth-order valence-electron chi connectivity index (χ4n) is 4.79. The first-order chi connectivity index (χ1) is 16.3. The van der Waals surface area contributed by atoms with E-state index in [1.807, 2.05) is 0 Å². The molecule has 0 N–H and O–H groups in total. The van der Waals surface area contributed by atoms with E-state index in [4.69, 9.17) is 4.74 Å². The highest BCUT2D eigenvalue weighted by Gasteiger charge is 2.21. The fraction of sp³-hybridized carbons (Fsp3) is 0.250. The molecule has 0 aliphatic carbocycles. The van der Waals surface area contributed by atoms with Crippen molar-refractivity contribution in [2.24, 2.45) is 0 Å². The molecule has 0 bridgehead atoms. The molecule has 0 heterocycles. The Hall–Kier alpha value is -3.32. The Morgan fingerprint density at radius 1 is 0.485 bits per heavy atom. The second-order valence-corrected chi connectivity index (χ2v) is 8.68. The molecule has 33 heavy (non-hydrogen) atoms. The zero-order valence-electron chi connectivity index (χ0n) is 19.8. The topological polar surface area (TPSA) is 9.23 Å². The smallest absolute Gasteiger partial charge is 0.131 e. The van der Waals surface area contributed by atoms with Crippen molar-refractivity contribution in [3.63, 3.8) is 0 Å². The normalized spacial score (nSPS) is 12.8. The van der Waals surface area contributed by atoms with Gasteiger partial charge in [-0.1, -0.05) is 124 Å². The third kappa shape index (κ3) is 5.54. The van der Waals surface area contributed by atoms with Gasteiger partial charge in [0, 0.05) is 23.0 Å². The molecule has 2 atom stereocenters. The molecule has 0 saturated carbocycles. The van der Waals surface area contributed by atoms with Crippen LogP contribution in [0.5, 0.6) is 11.5 Å². The van der Waals surface area contributed by atoms with Gasteiger partial charge in [-0.05, 0) is 36.1 Å². The van der Waals surface area contributed by atoms with Crippen molar-refractivity contribution in [2.75, 3.05) is 0 Å². The number of para-hydroxylation sites is 2. The van der Waals surface area contributed by atoms with Gasteiger partial charge in [-0.25, -0.2) is 0 Å². The van der Waals surface area contributed by atoms with Crippen LogP contribution in [0.2, 0.25) is 0 Å². The van der Waals surface area contributed by atoms with E-state index in [-0.39, 0.29) is 0 Å². The van der Waals surface area contributed by atoms with Gasteiger partial charge >= 0.3 is 0 Å². The van der Waals surface area contributed by atoms with Gasteiger partial charge in [0.15, 0.2) is 0 Å². The number of benzene rings is 4. The van der Waals surface area contributed by atoms with E-state index < -0.39 is 0 Å². The summed E-state index contributed by atoms with van der Waals surface area (Å²) < 4.78 is 6.74. The molecule has 4 aromatic carbocycles. The molecular weight excluding hydrogens is 400 g/mol.